The van der Waals surface area contributed by atoms with Crippen molar-refractivity contribution in [2.75, 3.05) is 5.32 Å². The van der Waals surface area contributed by atoms with Gasteiger partial charge in [0.15, 0.2) is 11.0 Å². The van der Waals surface area contributed by atoms with Crippen LogP contribution in [0.15, 0.2) is 18.2 Å². The zero-order valence-corrected chi connectivity index (χ0v) is 14.4. The van der Waals surface area contributed by atoms with Crippen molar-refractivity contribution < 1.29 is 14.3 Å². The van der Waals surface area contributed by atoms with E-state index >= 15 is 0 Å². The van der Waals surface area contributed by atoms with E-state index < -0.39 is 18.0 Å². The van der Waals surface area contributed by atoms with Gasteiger partial charge in [-0.05, 0) is 43.1 Å². The first kappa shape index (κ1) is 17.8. The largest absolute Gasteiger partial charge is 0.448 e. The second-order valence-corrected chi connectivity index (χ2v) is 5.91. The summed E-state index contributed by atoms with van der Waals surface area (Å²) in [7, 11) is 0. The minimum absolute atomic E-state index is 0.225. The number of benzene rings is 1. The molecule has 1 aromatic heterocycles. The number of ether oxygens (including phenoxy) is 1. The molecule has 1 amide bonds. The predicted molar refractivity (Wildman–Crippen MR) is 89.0 cm³/mol. The summed E-state index contributed by atoms with van der Waals surface area (Å²) in [4.78, 5) is 24.5. The van der Waals surface area contributed by atoms with E-state index in [4.69, 9.17) is 21.6 Å². The standard InChI is InChI=1S/C15H13ClN4O3S/c1-3-12-13(24-20-19-12)15(22)23-8(2)14(21)18-10-5-4-9(7-17)11(16)6-10/h4-6,8H,3H2,1-2H3,(H,18,21)/t8-/m1/s1. The lowest BCUT2D eigenvalue weighted by atomic mass is 10.2. The molecule has 24 heavy (non-hydrogen) atoms. The van der Waals surface area contributed by atoms with E-state index in [1.54, 1.807) is 6.07 Å². The highest BCUT2D eigenvalue weighted by Gasteiger charge is 2.23. The van der Waals surface area contributed by atoms with Crippen LogP contribution in [0.2, 0.25) is 5.02 Å². The van der Waals surface area contributed by atoms with Crippen molar-refractivity contribution in [3.05, 3.63) is 39.4 Å². The van der Waals surface area contributed by atoms with E-state index in [9.17, 15) is 9.59 Å². The molecule has 0 fully saturated rings. The van der Waals surface area contributed by atoms with Gasteiger partial charge in [0.1, 0.15) is 6.07 Å². The van der Waals surface area contributed by atoms with Crippen molar-refractivity contribution in [1.82, 2.24) is 9.59 Å². The van der Waals surface area contributed by atoms with Crippen LogP contribution < -0.4 is 5.32 Å². The Bertz CT molecular complexity index is 815. The maximum Gasteiger partial charge on any atom is 0.352 e. The molecule has 0 aliphatic heterocycles. The molecule has 124 valence electrons. The topological polar surface area (TPSA) is 105 Å². The summed E-state index contributed by atoms with van der Waals surface area (Å²) in [5.74, 6) is -1.15. The van der Waals surface area contributed by atoms with Gasteiger partial charge in [0.25, 0.3) is 5.91 Å². The van der Waals surface area contributed by atoms with Crippen LogP contribution in [0.4, 0.5) is 5.69 Å². The molecular formula is C15H13ClN4O3S. The Morgan fingerprint density at radius 2 is 2.25 bits per heavy atom. The molecule has 7 nitrogen and oxygen atoms in total. The third kappa shape index (κ3) is 4.07. The second-order valence-electron chi connectivity index (χ2n) is 4.75. The fraction of sp³-hybridized carbons (Fsp3) is 0.267. The number of halogens is 1. The van der Waals surface area contributed by atoms with Gasteiger partial charge < -0.3 is 10.1 Å². The molecule has 1 heterocycles. The monoisotopic (exact) mass is 364 g/mol. The van der Waals surface area contributed by atoms with E-state index in [2.05, 4.69) is 14.9 Å². The van der Waals surface area contributed by atoms with Crippen LogP contribution in [0.5, 0.6) is 0 Å². The summed E-state index contributed by atoms with van der Waals surface area (Å²) < 4.78 is 8.85. The van der Waals surface area contributed by atoms with Crippen LogP contribution in [0, 0.1) is 11.3 Å². The minimum Gasteiger partial charge on any atom is -0.448 e. The molecule has 0 saturated carbocycles. The van der Waals surface area contributed by atoms with E-state index in [-0.39, 0.29) is 5.02 Å². The molecule has 0 radical (unpaired) electrons. The van der Waals surface area contributed by atoms with Gasteiger partial charge in [0.2, 0.25) is 0 Å². The highest BCUT2D eigenvalue weighted by molar-refractivity contribution is 7.07. The average Bonchev–Trinajstić information content (AvgIpc) is 3.03. The van der Waals surface area contributed by atoms with Crippen molar-refractivity contribution in [3.8, 4) is 6.07 Å². The number of nitrogens with one attached hydrogen (secondary N) is 1. The number of anilines is 1. The number of aromatic nitrogens is 2. The van der Waals surface area contributed by atoms with Crippen LogP contribution in [-0.4, -0.2) is 27.6 Å². The first-order chi connectivity index (χ1) is 11.5. The number of amides is 1. The lowest BCUT2D eigenvalue weighted by Crippen LogP contribution is -2.30. The smallest absolute Gasteiger partial charge is 0.352 e. The fourth-order valence-corrected chi connectivity index (χ4v) is 2.65. The Morgan fingerprint density at radius 3 is 2.88 bits per heavy atom. The zero-order valence-electron chi connectivity index (χ0n) is 12.9. The number of carbonyl (C=O) groups is 2. The average molecular weight is 365 g/mol. The van der Waals surface area contributed by atoms with E-state index in [0.717, 1.165) is 11.5 Å². The normalized spacial score (nSPS) is 11.4. The summed E-state index contributed by atoms with van der Waals surface area (Å²) >= 11 is 6.84. The van der Waals surface area contributed by atoms with Crippen molar-refractivity contribution in [2.24, 2.45) is 0 Å². The van der Waals surface area contributed by atoms with Gasteiger partial charge in [-0.2, -0.15) is 5.26 Å². The van der Waals surface area contributed by atoms with Crippen LogP contribution in [0.25, 0.3) is 0 Å². The van der Waals surface area contributed by atoms with Gasteiger partial charge in [-0.25, -0.2) is 4.79 Å². The Hall–Kier alpha value is -2.50. The molecule has 9 heteroatoms. The zero-order chi connectivity index (χ0) is 17.7. The number of carbonyl (C=O) groups excluding carboxylic acids is 2. The molecule has 0 spiro atoms. The molecule has 0 aliphatic rings. The van der Waals surface area contributed by atoms with Crippen molar-refractivity contribution in [3.63, 3.8) is 0 Å². The molecule has 0 unspecified atom stereocenters. The molecule has 0 aliphatic carbocycles. The van der Waals surface area contributed by atoms with Crippen molar-refractivity contribution in [1.29, 1.82) is 5.26 Å². The first-order valence-corrected chi connectivity index (χ1v) is 8.14. The fourth-order valence-electron chi connectivity index (χ4n) is 1.79. The van der Waals surface area contributed by atoms with Gasteiger partial charge in [0, 0.05) is 5.69 Å². The Kier molecular flexibility index (Phi) is 5.84. The van der Waals surface area contributed by atoms with Crippen LogP contribution in [-0.2, 0) is 16.0 Å². The lowest BCUT2D eigenvalue weighted by Gasteiger charge is -2.13. The number of nitrogens with zero attached hydrogens (tertiary/aromatic N) is 3. The predicted octanol–water partition coefficient (Wildman–Crippen LogP) is 2.81. The second kappa shape index (κ2) is 7.86. The van der Waals surface area contributed by atoms with Crippen LogP contribution in [0.3, 0.4) is 0 Å². The van der Waals surface area contributed by atoms with Gasteiger partial charge in [-0.1, -0.05) is 23.0 Å². The maximum absolute atomic E-state index is 12.1. The molecule has 0 saturated heterocycles. The number of hydrogen-bond acceptors (Lipinski definition) is 7. The highest BCUT2D eigenvalue weighted by Crippen LogP contribution is 2.20. The molecule has 1 N–H and O–H groups in total. The van der Waals surface area contributed by atoms with Crippen molar-refractivity contribution >= 4 is 40.7 Å². The minimum atomic E-state index is -1.02. The Morgan fingerprint density at radius 1 is 1.50 bits per heavy atom. The van der Waals surface area contributed by atoms with Crippen molar-refractivity contribution in [2.45, 2.75) is 26.4 Å². The number of rotatable bonds is 5. The number of hydrogen-bond donors (Lipinski definition) is 1. The molecule has 1 aromatic carbocycles. The number of aryl methyl sites for hydroxylation is 1. The molecule has 1 atom stereocenters. The quantitative estimate of drug-likeness (QED) is 0.818. The van der Waals surface area contributed by atoms with Crippen LogP contribution >= 0.6 is 23.1 Å². The van der Waals surface area contributed by atoms with E-state index in [1.165, 1.54) is 19.1 Å². The molecular weight excluding hydrogens is 352 g/mol. The van der Waals surface area contributed by atoms with Gasteiger partial charge >= 0.3 is 5.97 Å². The highest BCUT2D eigenvalue weighted by atomic mass is 35.5. The maximum atomic E-state index is 12.1. The first-order valence-electron chi connectivity index (χ1n) is 6.99. The van der Waals surface area contributed by atoms with Gasteiger partial charge in [-0.3, -0.25) is 4.79 Å². The summed E-state index contributed by atoms with van der Waals surface area (Å²) in [6.45, 7) is 3.30. The summed E-state index contributed by atoms with van der Waals surface area (Å²) in [5, 5.41) is 15.5. The molecule has 0 bridgehead atoms. The lowest BCUT2D eigenvalue weighted by molar-refractivity contribution is -0.123. The summed E-state index contributed by atoms with van der Waals surface area (Å²) in [6, 6.07) is 6.41. The van der Waals surface area contributed by atoms with Gasteiger partial charge in [-0.15, -0.1) is 5.10 Å². The summed E-state index contributed by atoms with van der Waals surface area (Å²) in [6.07, 6.45) is -0.468. The SMILES string of the molecule is CCc1nnsc1C(=O)O[C@H](C)C(=O)Nc1ccc(C#N)c(Cl)c1. The van der Waals surface area contributed by atoms with E-state index in [1.807, 2.05) is 13.0 Å². The molecule has 2 rings (SSSR count). The van der Waals surface area contributed by atoms with Crippen LogP contribution in [0.1, 0.15) is 34.8 Å². The summed E-state index contributed by atoms with van der Waals surface area (Å²) in [5.41, 5.74) is 1.25. The number of esters is 1. The van der Waals surface area contributed by atoms with E-state index in [0.29, 0.717) is 28.2 Å². The third-order valence-corrected chi connectivity index (χ3v) is 4.15. The number of nitriles is 1. The third-order valence-electron chi connectivity index (χ3n) is 3.09. The molecule has 2 aromatic rings. The Labute approximate surface area is 147 Å². The Balaban J connectivity index is 2.01. The van der Waals surface area contributed by atoms with Gasteiger partial charge in [0.05, 0.1) is 16.3 Å².